The standard InChI is InChI=1S/C15H30N2O/c1-10-8-7-9-11(2)13(10)16-12(3)14(18)17-15(4,5)6/h10-13,16H,7-9H2,1-6H3,(H,17,18). The van der Waals surface area contributed by atoms with Crippen molar-refractivity contribution in [2.24, 2.45) is 11.8 Å². The molecule has 0 heterocycles. The third kappa shape index (κ3) is 4.60. The Morgan fingerprint density at radius 3 is 2.11 bits per heavy atom. The van der Waals surface area contributed by atoms with E-state index in [4.69, 9.17) is 0 Å². The highest BCUT2D eigenvalue weighted by Gasteiger charge is 2.30. The van der Waals surface area contributed by atoms with Gasteiger partial charge in [0.25, 0.3) is 0 Å². The molecule has 1 rings (SSSR count). The maximum atomic E-state index is 12.1. The topological polar surface area (TPSA) is 41.1 Å². The molecule has 1 fully saturated rings. The van der Waals surface area contributed by atoms with Crippen molar-refractivity contribution in [2.45, 2.75) is 78.4 Å². The van der Waals surface area contributed by atoms with Gasteiger partial charge < -0.3 is 10.6 Å². The first-order chi connectivity index (χ1) is 8.20. The number of hydrogen-bond donors (Lipinski definition) is 2. The van der Waals surface area contributed by atoms with Crippen LogP contribution in [0.2, 0.25) is 0 Å². The fourth-order valence-electron chi connectivity index (χ4n) is 2.85. The van der Waals surface area contributed by atoms with Crippen molar-refractivity contribution >= 4 is 5.91 Å². The summed E-state index contributed by atoms with van der Waals surface area (Å²) in [7, 11) is 0. The molecule has 0 bridgehead atoms. The van der Waals surface area contributed by atoms with E-state index in [1.807, 2.05) is 27.7 Å². The van der Waals surface area contributed by atoms with Crippen molar-refractivity contribution in [2.75, 3.05) is 0 Å². The molecule has 0 saturated heterocycles. The van der Waals surface area contributed by atoms with Crippen molar-refractivity contribution < 1.29 is 4.79 Å². The van der Waals surface area contributed by atoms with E-state index in [-0.39, 0.29) is 17.5 Å². The lowest BCUT2D eigenvalue weighted by molar-refractivity contribution is -0.124. The lowest BCUT2D eigenvalue weighted by Crippen LogP contribution is -2.55. The van der Waals surface area contributed by atoms with Gasteiger partial charge in [-0.2, -0.15) is 0 Å². The minimum absolute atomic E-state index is 0.104. The second-order valence-corrected chi connectivity index (χ2v) is 7.04. The quantitative estimate of drug-likeness (QED) is 0.813. The van der Waals surface area contributed by atoms with Crippen LogP contribution in [-0.2, 0) is 4.79 Å². The number of carbonyl (C=O) groups excluding carboxylic acids is 1. The van der Waals surface area contributed by atoms with Crippen LogP contribution in [0.1, 0.15) is 60.8 Å². The Hall–Kier alpha value is -0.570. The van der Waals surface area contributed by atoms with E-state index < -0.39 is 0 Å². The van der Waals surface area contributed by atoms with Gasteiger partial charge in [0.05, 0.1) is 6.04 Å². The van der Waals surface area contributed by atoms with Gasteiger partial charge in [-0.05, 0) is 52.4 Å². The third-order valence-electron chi connectivity index (χ3n) is 3.88. The molecule has 3 unspecified atom stereocenters. The summed E-state index contributed by atoms with van der Waals surface area (Å²) < 4.78 is 0. The van der Waals surface area contributed by atoms with Crippen LogP contribution in [0.5, 0.6) is 0 Å². The number of rotatable bonds is 3. The number of nitrogens with one attached hydrogen (secondary N) is 2. The van der Waals surface area contributed by atoms with Crippen molar-refractivity contribution in [3.05, 3.63) is 0 Å². The van der Waals surface area contributed by atoms with E-state index >= 15 is 0 Å². The van der Waals surface area contributed by atoms with E-state index in [0.29, 0.717) is 17.9 Å². The van der Waals surface area contributed by atoms with E-state index in [1.165, 1.54) is 19.3 Å². The van der Waals surface area contributed by atoms with Gasteiger partial charge in [0.2, 0.25) is 5.91 Å². The van der Waals surface area contributed by atoms with Crippen molar-refractivity contribution in [3.63, 3.8) is 0 Å². The van der Waals surface area contributed by atoms with E-state index in [0.717, 1.165) is 0 Å². The first kappa shape index (κ1) is 15.5. The smallest absolute Gasteiger partial charge is 0.237 e. The van der Waals surface area contributed by atoms with Gasteiger partial charge in [0.1, 0.15) is 0 Å². The molecule has 0 radical (unpaired) electrons. The zero-order valence-electron chi connectivity index (χ0n) is 12.8. The molecule has 0 aromatic carbocycles. The maximum absolute atomic E-state index is 12.1. The Kier molecular flexibility index (Phi) is 5.20. The van der Waals surface area contributed by atoms with Crippen LogP contribution in [-0.4, -0.2) is 23.5 Å². The van der Waals surface area contributed by atoms with Crippen LogP contribution in [0.4, 0.5) is 0 Å². The predicted molar refractivity (Wildman–Crippen MR) is 76.5 cm³/mol. The summed E-state index contributed by atoms with van der Waals surface area (Å²) in [4.78, 5) is 12.1. The van der Waals surface area contributed by atoms with E-state index in [1.54, 1.807) is 0 Å². The maximum Gasteiger partial charge on any atom is 0.237 e. The molecule has 2 N–H and O–H groups in total. The first-order valence-corrected chi connectivity index (χ1v) is 7.29. The van der Waals surface area contributed by atoms with Gasteiger partial charge in [-0.1, -0.05) is 20.3 Å². The lowest BCUT2D eigenvalue weighted by Gasteiger charge is -2.37. The molecule has 0 spiro atoms. The normalized spacial score (nSPS) is 30.9. The molecule has 0 aromatic heterocycles. The predicted octanol–water partition coefficient (Wildman–Crippen LogP) is 2.70. The molecular weight excluding hydrogens is 224 g/mol. The Bertz CT molecular complexity index is 273. The second-order valence-electron chi connectivity index (χ2n) is 7.04. The third-order valence-corrected chi connectivity index (χ3v) is 3.88. The minimum atomic E-state index is -0.156. The molecule has 3 heteroatoms. The average molecular weight is 254 g/mol. The molecule has 3 atom stereocenters. The molecule has 18 heavy (non-hydrogen) atoms. The summed E-state index contributed by atoms with van der Waals surface area (Å²) in [5, 5.41) is 6.57. The molecule has 0 aliphatic heterocycles. The number of carbonyl (C=O) groups is 1. The fraction of sp³-hybridized carbons (Fsp3) is 0.933. The summed E-state index contributed by atoms with van der Waals surface area (Å²) in [5.74, 6) is 1.43. The highest BCUT2D eigenvalue weighted by Crippen LogP contribution is 2.29. The van der Waals surface area contributed by atoms with Crippen molar-refractivity contribution in [3.8, 4) is 0 Å². The van der Waals surface area contributed by atoms with Gasteiger partial charge >= 0.3 is 0 Å². The summed E-state index contributed by atoms with van der Waals surface area (Å²) >= 11 is 0. The number of amides is 1. The zero-order valence-corrected chi connectivity index (χ0v) is 12.8. The van der Waals surface area contributed by atoms with Gasteiger partial charge in [0.15, 0.2) is 0 Å². The molecule has 1 aliphatic rings. The largest absolute Gasteiger partial charge is 0.350 e. The second kappa shape index (κ2) is 6.05. The van der Waals surface area contributed by atoms with Crippen LogP contribution in [0.15, 0.2) is 0 Å². The Labute approximate surface area is 112 Å². The molecule has 106 valence electrons. The fourth-order valence-corrected chi connectivity index (χ4v) is 2.85. The van der Waals surface area contributed by atoms with Gasteiger partial charge in [-0.25, -0.2) is 0 Å². The van der Waals surface area contributed by atoms with Crippen LogP contribution in [0.3, 0.4) is 0 Å². The molecule has 1 aliphatic carbocycles. The Morgan fingerprint density at radius 1 is 1.17 bits per heavy atom. The van der Waals surface area contributed by atoms with Crippen LogP contribution in [0.25, 0.3) is 0 Å². The SMILES string of the molecule is CC(NC1C(C)CCCC1C)C(=O)NC(C)(C)C. The summed E-state index contributed by atoms with van der Waals surface area (Å²) in [6.07, 6.45) is 3.87. The monoisotopic (exact) mass is 254 g/mol. The van der Waals surface area contributed by atoms with Crippen molar-refractivity contribution in [1.29, 1.82) is 0 Å². The lowest BCUT2D eigenvalue weighted by atomic mass is 9.78. The van der Waals surface area contributed by atoms with Crippen LogP contribution < -0.4 is 10.6 Å². The summed E-state index contributed by atoms with van der Waals surface area (Å²) in [6, 6.07) is 0.358. The summed E-state index contributed by atoms with van der Waals surface area (Å²) in [5.41, 5.74) is -0.156. The zero-order chi connectivity index (χ0) is 13.9. The molecule has 0 aromatic rings. The number of hydrogen-bond acceptors (Lipinski definition) is 2. The van der Waals surface area contributed by atoms with E-state index in [2.05, 4.69) is 24.5 Å². The molecular formula is C15H30N2O. The van der Waals surface area contributed by atoms with Crippen LogP contribution >= 0.6 is 0 Å². The highest BCUT2D eigenvalue weighted by molar-refractivity contribution is 5.81. The first-order valence-electron chi connectivity index (χ1n) is 7.29. The van der Waals surface area contributed by atoms with Gasteiger partial charge in [0, 0.05) is 11.6 Å². The van der Waals surface area contributed by atoms with Crippen molar-refractivity contribution in [1.82, 2.24) is 10.6 Å². The van der Waals surface area contributed by atoms with Gasteiger partial charge in [-0.3, -0.25) is 4.79 Å². The highest BCUT2D eigenvalue weighted by atomic mass is 16.2. The Balaban J connectivity index is 2.52. The minimum Gasteiger partial charge on any atom is -0.350 e. The van der Waals surface area contributed by atoms with E-state index in [9.17, 15) is 4.79 Å². The molecule has 3 nitrogen and oxygen atoms in total. The van der Waals surface area contributed by atoms with Gasteiger partial charge in [-0.15, -0.1) is 0 Å². The molecule has 1 saturated carbocycles. The summed E-state index contributed by atoms with van der Waals surface area (Å²) in [6.45, 7) is 12.6. The Morgan fingerprint density at radius 2 is 1.67 bits per heavy atom. The average Bonchev–Trinajstić information content (AvgIpc) is 2.21. The van der Waals surface area contributed by atoms with Crippen LogP contribution in [0, 0.1) is 11.8 Å². The molecule has 1 amide bonds.